The maximum Gasteiger partial charge on any atom is 0.418 e. The lowest BCUT2D eigenvalue weighted by molar-refractivity contribution is -0.137. The van der Waals surface area contributed by atoms with Gasteiger partial charge in [0.2, 0.25) is 11.7 Å². The van der Waals surface area contributed by atoms with Crippen molar-refractivity contribution in [2.45, 2.75) is 18.0 Å². The fourth-order valence-corrected chi connectivity index (χ4v) is 3.52. The van der Waals surface area contributed by atoms with Crippen molar-refractivity contribution < 1.29 is 27.6 Å². The molecule has 2 amide bonds. The van der Waals surface area contributed by atoms with Crippen LogP contribution in [-0.2, 0) is 27.0 Å². The molecule has 2 aromatic carbocycles. The molecule has 32 heavy (non-hydrogen) atoms. The summed E-state index contributed by atoms with van der Waals surface area (Å²) in [5, 5.41) is 4.95. The fourth-order valence-electron chi connectivity index (χ4n) is 2.80. The van der Waals surface area contributed by atoms with Gasteiger partial charge in [0.05, 0.1) is 11.3 Å². The lowest BCUT2D eigenvalue weighted by Crippen LogP contribution is -2.26. The quantitative estimate of drug-likeness (QED) is 0.373. The molecule has 0 saturated carbocycles. The van der Waals surface area contributed by atoms with Crippen molar-refractivity contribution in [2.24, 2.45) is 0 Å². The monoisotopic (exact) mass is 481 g/mol. The summed E-state index contributed by atoms with van der Waals surface area (Å²) in [6.45, 7) is 0. The molecule has 0 radical (unpaired) electrons. The third-order valence-electron chi connectivity index (χ3n) is 4.28. The van der Waals surface area contributed by atoms with Crippen LogP contribution < -0.4 is 10.6 Å². The number of ketones is 1. The first-order valence-electron chi connectivity index (χ1n) is 9.09. The van der Waals surface area contributed by atoms with Gasteiger partial charge in [-0.05, 0) is 17.2 Å². The molecule has 6 nitrogen and oxygen atoms in total. The minimum absolute atomic E-state index is 0.175. The molecule has 1 atom stereocenters. The third-order valence-corrected chi connectivity index (χ3v) is 5.42. The number of benzene rings is 2. The van der Waals surface area contributed by atoms with Gasteiger partial charge in [-0.15, -0.1) is 22.9 Å². The number of Topliss-reactive ketones (excluding diaryl/α,β-unsaturated/α-hetero) is 1. The number of aromatic nitrogens is 1. The number of nitrogens with one attached hydrogen (secondary N) is 2. The van der Waals surface area contributed by atoms with E-state index >= 15 is 0 Å². The minimum Gasteiger partial charge on any atom is -0.324 e. The van der Waals surface area contributed by atoms with Crippen LogP contribution in [0, 0.1) is 0 Å². The van der Waals surface area contributed by atoms with E-state index in [1.165, 1.54) is 12.3 Å². The first-order chi connectivity index (χ1) is 15.2. The van der Waals surface area contributed by atoms with Gasteiger partial charge in [-0.1, -0.05) is 42.5 Å². The molecule has 1 heterocycles. The van der Waals surface area contributed by atoms with Crippen LogP contribution >= 0.6 is 22.9 Å². The number of hydrogen-bond donors (Lipinski definition) is 2. The summed E-state index contributed by atoms with van der Waals surface area (Å²) in [6, 6.07) is 11.2. The number of nitrogens with zero attached hydrogens (tertiary/aromatic N) is 1. The Morgan fingerprint density at radius 2 is 1.75 bits per heavy atom. The highest BCUT2D eigenvalue weighted by atomic mass is 35.5. The Hall–Kier alpha value is -3.24. The number of carbonyl (C=O) groups excluding carboxylic acids is 3. The molecule has 0 aliphatic heterocycles. The molecule has 0 aliphatic rings. The number of hydrogen-bond acceptors (Lipinski definition) is 5. The van der Waals surface area contributed by atoms with E-state index in [1.54, 1.807) is 35.7 Å². The van der Waals surface area contributed by atoms with Crippen molar-refractivity contribution in [2.75, 3.05) is 10.6 Å². The van der Waals surface area contributed by atoms with Gasteiger partial charge in [-0.25, -0.2) is 4.98 Å². The van der Waals surface area contributed by atoms with Crippen molar-refractivity contribution in [3.8, 4) is 0 Å². The van der Waals surface area contributed by atoms with Crippen molar-refractivity contribution in [1.82, 2.24) is 4.98 Å². The third kappa shape index (κ3) is 5.71. The van der Waals surface area contributed by atoms with Crippen LogP contribution in [0.15, 0.2) is 60.1 Å². The zero-order valence-corrected chi connectivity index (χ0v) is 17.7. The molecular formula is C21H15ClF3N3O3S. The van der Waals surface area contributed by atoms with Crippen LogP contribution in [0.5, 0.6) is 0 Å². The van der Waals surface area contributed by atoms with Crippen LogP contribution in [0.3, 0.4) is 0 Å². The average Bonchev–Trinajstić information content (AvgIpc) is 3.27. The van der Waals surface area contributed by atoms with E-state index in [0.717, 1.165) is 23.5 Å². The number of amides is 2. The summed E-state index contributed by atoms with van der Waals surface area (Å²) in [6.07, 6.45) is -4.07. The average molecular weight is 482 g/mol. The SMILES string of the molecule is O=C(Cc1cccc(C(F)(F)F)c1NC(=O)C(Cl)c1ccccc1)C(=O)Nc1nccs1. The van der Waals surface area contributed by atoms with Gasteiger partial charge < -0.3 is 5.32 Å². The van der Waals surface area contributed by atoms with E-state index in [4.69, 9.17) is 11.6 Å². The smallest absolute Gasteiger partial charge is 0.324 e. The normalized spacial score (nSPS) is 12.1. The molecule has 0 spiro atoms. The Balaban J connectivity index is 1.87. The number of para-hydroxylation sites is 1. The Bertz CT molecular complexity index is 1120. The van der Waals surface area contributed by atoms with Crippen LogP contribution in [0.25, 0.3) is 0 Å². The Labute approximate surface area is 189 Å². The van der Waals surface area contributed by atoms with Gasteiger partial charge in [0.15, 0.2) is 5.13 Å². The van der Waals surface area contributed by atoms with Crippen LogP contribution in [0.4, 0.5) is 24.0 Å². The molecule has 1 unspecified atom stereocenters. The molecule has 0 fully saturated rings. The van der Waals surface area contributed by atoms with Crippen LogP contribution in [0.2, 0.25) is 0 Å². The topological polar surface area (TPSA) is 88.2 Å². The van der Waals surface area contributed by atoms with E-state index in [0.29, 0.717) is 5.56 Å². The lowest BCUT2D eigenvalue weighted by Gasteiger charge is -2.19. The second-order valence-corrected chi connectivity index (χ2v) is 7.82. The predicted molar refractivity (Wildman–Crippen MR) is 115 cm³/mol. The Morgan fingerprint density at radius 1 is 1.03 bits per heavy atom. The highest BCUT2D eigenvalue weighted by Gasteiger charge is 2.36. The summed E-state index contributed by atoms with van der Waals surface area (Å²) in [7, 11) is 0. The molecule has 0 aliphatic carbocycles. The lowest BCUT2D eigenvalue weighted by atomic mass is 10.0. The van der Waals surface area contributed by atoms with E-state index in [2.05, 4.69) is 15.6 Å². The zero-order valence-electron chi connectivity index (χ0n) is 16.2. The van der Waals surface area contributed by atoms with Gasteiger partial charge in [0.25, 0.3) is 5.91 Å². The number of halogens is 4. The van der Waals surface area contributed by atoms with Gasteiger partial charge in [-0.3, -0.25) is 19.7 Å². The highest BCUT2D eigenvalue weighted by molar-refractivity contribution is 7.13. The van der Waals surface area contributed by atoms with Gasteiger partial charge >= 0.3 is 6.18 Å². The van der Waals surface area contributed by atoms with E-state index < -0.39 is 46.8 Å². The maximum absolute atomic E-state index is 13.6. The number of rotatable bonds is 7. The predicted octanol–water partition coefficient (Wildman–Crippen LogP) is 4.83. The number of anilines is 2. The molecule has 166 valence electrons. The fraction of sp³-hybridized carbons (Fsp3) is 0.143. The highest BCUT2D eigenvalue weighted by Crippen LogP contribution is 2.37. The van der Waals surface area contributed by atoms with Crippen molar-refractivity contribution >= 4 is 51.4 Å². The summed E-state index contributed by atoms with van der Waals surface area (Å²) in [5.41, 5.74) is -1.57. The van der Waals surface area contributed by atoms with E-state index in [9.17, 15) is 27.6 Å². The molecular weight excluding hydrogens is 467 g/mol. The summed E-state index contributed by atoms with van der Waals surface area (Å²) < 4.78 is 40.8. The number of carbonyl (C=O) groups is 3. The van der Waals surface area contributed by atoms with Gasteiger partial charge in [0.1, 0.15) is 5.38 Å². The summed E-state index contributed by atoms with van der Waals surface area (Å²) in [4.78, 5) is 40.8. The van der Waals surface area contributed by atoms with Crippen molar-refractivity contribution in [3.05, 3.63) is 76.8 Å². The summed E-state index contributed by atoms with van der Waals surface area (Å²) >= 11 is 7.21. The van der Waals surface area contributed by atoms with Gasteiger partial charge in [-0.2, -0.15) is 13.2 Å². The molecule has 3 rings (SSSR count). The second-order valence-electron chi connectivity index (χ2n) is 6.49. The summed E-state index contributed by atoms with van der Waals surface area (Å²) in [5.74, 6) is -2.94. The van der Waals surface area contributed by atoms with E-state index in [-0.39, 0.29) is 10.7 Å². The minimum atomic E-state index is -4.82. The van der Waals surface area contributed by atoms with Crippen molar-refractivity contribution in [1.29, 1.82) is 0 Å². The largest absolute Gasteiger partial charge is 0.418 e. The molecule has 2 N–H and O–H groups in total. The first-order valence-corrected chi connectivity index (χ1v) is 10.4. The molecule has 0 bridgehead atoms. The van der Waals surface area contributed by atoms with Crippen LogP contribution in [-0.4, -0.2) is 22.6 Å². The molecule has 11 heteroatoms. The second kappa shape index (κ2) is 9.92. The Morgan fingerprint density at radius 3 is 2.38 bits per heavy atom. The van der Waals surface area contributed by atoms with Crippen molar-refractivity contribution in [3.63, 3.8) is 0 Å². The van der Waals surface area contributed by atoms with E-state index in [1.807, 2.05) is 0 Å². The first kappa shape index (κ1) is 23.4. The molecule has 3 aromatic rings. The van der Waals surface area contributed by atoms with Crippen LogP contribution in [0.1, 0.15) is 22.1 Å². The van der Waals surface area contributed by atoms with Gasteiger partial charge in [0, 0.05) is 18.0 Å². The number of thiazole rings is 1. The zero-order chi connectivity index (χ0) is 23.3. The molecule has 0 saturated heterocycles. The number of alkyl halides is 4. The molecule has 1 aromatic heterocycles. The maximum atomic E-state index is 13.6. The standard InChI is InChI=1S/C21H15ClF3N3O3S/c22-16(12-5-2-1-3-6-12)19(31)27-17-13(7-4-8-14(17)21(23,24)25)11-15(29)18(30)28-20-26-9-10-32-20/h1-10,16H,11H2,(H,27,31)(H,26,28,30). The Kier molecular flexibility index (Phi) is 7.26.